The third kappa shape index (κ3) is 4.06. The molecule has 5 rings (SSSR count). The molecule has 5 aromatic rings. The van der Waals surface area contributed by atoms with Crippen LogP contribution in [-0.4, -0.2) is 18.0 Å². The number of amides is 1. The van der Waals surface area contributed by atoms with Gasteiger partial charge in [0.05, 0.1) is 27.7 Å². The summed E-state index contributed by atoms with van der Waals surface area (Å²) in [7, 11) is 1.53. The number of ether oxygens (including phenoxy) is 1. The number of aromatic nitrogens is 1. The van der Waals surface area contributed by atoms with E-state index in [9.17, 15) is 4.79 Å². The van der Waals surface area contributed by atoms with Gasteiger partial charge in [-0.15, -0.1) is 0 Å². The summed E-state index contributed by atoms with van der Waals surface area (Å²) in [5.41, 5.74) is 2.69. The number of benzene rings is 4. The first-order valence-electron chi connectivity index (χ1n) is 9.87. The Morgan fingerprint density at radius 3 is 2.70 bits per heavy atom. The van der Waals surface area contributed by atoms with Crippen LogP contribution >= 0.6 is 39.1 Å². The molecule has 1 aromatic heterocycles. The van der Waals surface area contributed by atoms with Crippen LogP contribution < -0.4 is 10.1 Å². The predicted molar refractivity (Wildman–Crippen MR) is 136 cm³/mol. The quantitative estimate of drug-likeness (QED) is 0.250. The van der Waals surface area contributed by atoms with Gasteiger partial charge in [-0.05, 0) is 69.2 Å². The van der Waals surface area contributed by atoms with Crippen molar-refractivity contribution in [3.63, 3.8) is 0 Å². The average molecular weight is 542 g/mol. The van der Waals surface area contributed by atoms with E-state index >= 15 is 0 Å². The first-order valence-corrected chi connectivity index (χ1v) is 11.4. The number of fused-ring (bicyclic) bond motifs is 2. The largest absolute Gasteiger partial charge is 0.495 e. The van der Waals surface area contributed by atoms with E-state index in [1.807, 2.05) is 24.3 Å². The second-order valence-electron chi connectivity index (χ2n) is 7.27. The highest BCUT2D eigenvalue weighted by molar-refractivity contribution is 9.10. The van der Waals surface area contributed by atoms with Gasteiger partial charge in [-0.1, -0.05) is 47.5 Å². The summed E-state index contributed by atoms with van der Waals surface area (Å²) in [6.45, 7) is 0. The van der Waals surface area contributed by atoms with Crippen LogP contribution in [0.2, 0.25) is 10.0 Å². The summed E-state index contributed by atoms with van der Waals surface area (Å²) < 4.78 is 12.1. The molecule has 0 aliphatic carbocycles. The number of hydrogen-bond acceptors (Lipinski definition) is 4. The van der Waals surface area contributed by atoms with Crippen molar-refractivity contribution in [1.29, 1.82) is 0 Å². The lowest BCUT2D eigenvalue weighted by Gasteiger charge is -2.14. The Hall–Kier alpha value is -3.06. The third-order valence-corrected chi connectivity index (χ3v) is 6.55. The van der Waals surface area contributed by atoms with Crippen LogP contribution in [0.3, 0.4) is 0 Å². The van der Waals surface area contributed by atoms with Gasteiger partial charge in [0.25, 0.3) is 5.91 Å². The molecule has 0 atom stereocenters. The van der Waals surface area contributed by atoms with Gasteiger partial charge in [-0.3, -0.25) is 4.79 Å². The molecule has 33 heavy (non-hydrogen) atoms. The van der Waals surface area contributed by atoms with Crippen molar-refractivity contribution in [3.05, 3.63) is 86.8 Å². The maximum atomic E-state index is 13.2. The molecule has 0 unspecified atom stereocenters. The fraction of sp³-hybridized carbons (Fsp3) is 0.0400. The highest BCUT2D eigenvalue weighted by Crippen LogP contribution is 2.37. The highest BCUT2D eigenvalue weighted by atomic mass is 79.9. The summed E-state index contributed by atoms with van der Waals surface area (Å²) in [6, 6.07) is 19.9. The molecule has 0 bridgehead atoms. The number of hydrogen-bond donors (Lipinski definition) is 1. The molecule has 8 heteroatoms. The Bertz CT molecular complexity index is 1550. The summed E-state index contributed by atoms with van der Waals surface area (Å²) in [4.78, 5) is 17.7. The molecule has 0 fully saturated rings. The van der Waals surface area contributed by atoms with Crippen molar-refractivity contribution in [2.24, 2.45) is 0 Å². The zero-order valence-corrected chi connectivity index (χ0v) is 20.3. The summed E-state index contributed by atoms with van der Waals surface area (Å²) in [6.07, 6.45) is 0. The zero-order valence-electron chi connectivity index (χ0n) is 17.2. The monoisotopic (exact) mass is 540 g/mol. The molecular weight excluding hydrogens is 527 g/mol. The molecule has 4 aromatic carbocycles. The molecule has 164 valence electrons. The number of nitrogens with one attached hydrogen (secondary N) is 1. The van der Waals surface area contributed by atoms with Crippen LogP contribution in [0.25, 0.3) is 33.3 Å². The van der Waals surface area contributed by atoms with Crippen molar-refractivity contribution in [2.45, 2.75) is 0 Å². The van der Waals surface area contributed by atoms with Crippen LogP contribution in [0, 0.1) is 0 Å². The smallest absolute Gasteiger partial charge is 0.259 e. The maximum Gasteiger partial charge on any atom is 0.259 e. The number of oxazole rings is 1. The van der Waals surface area contributed by atoms with Gasteiger partial charge in [-0.2, -0.15) is 0 Å². The first-order chi connectivity index (χ1) is 15.9. The molecule has 0 aliphatic heterocycles. The number of halogens is 3. The number of methoxy groups -OCH3 is 1. The fourth-order valence-electron chi connectivity index (χ4n) is 3.63. The topological polar surface area (TPSA) is 64.4 Å². The van der Waals surface area contributed by atoms with Crippen LogP contribution in [0.4, 0.5) is 5.69 Å². The number of anilines is 1. The second kappa shape index (κ2) is 8.71. The minimum atomic E-state index is -0.323. The summed E-state index contributed by atoms with van der Waals surface area (Å²) in [5, 5.41) is 5.79. The Morgan fingerprint density at radius 2 is 1.88 bits per heavy atom. The van der Waals surface area contributed by atoms with Crippen molar-refractivity contribution in [1.82, 2.24) is 4.98 Å². The number of nitrogens with zero attached hydrogens (tertiary/aromatic N) is 1. The Morgan fingerprint density at radius 1 is 1.06 bits per heavy atom. The molecular formula is C25H15BrCl2N2O3. The van der Waals surface area contributed by atoms with Gasteiger partial charge in [-0.25, -0.2) is 4.98 Å². The lowest BCUT2D eigenvalue weighted by atomic mass is 10.0. The molecule has 1 amide bonds. The first kappa shape index (κ1) is 21.8. The molecule has 0 radical (unpaired) electrons. The molecule has 0 saturated heterocycles. The van der Waals surface area contributed by atoms with E-state index in [1.165, 1.54) is 7.11 Å². The van der Waals surface area contributed by atoms with Crippen LogP contribution in [-0.2, 0) is 0 Å². The van der Waals surface area contributed by atoms with Gasteiger partial charge in [0.1, 0.15) is 11.3 Å². The SMILES string of the molecule is COc1c(C(=O)Nc2ccc(Cl)c(-c3nc4cc(Cl)ccc4o3)c2)cc2ccccc2c1Br. The van der Waals surface area contributed by atoms with Crippen LogP contribution in [0.15, 0.2) is 75.6 Å². The van der Waals surface area contributed by atoms with Crippen molar-refractivity contribution in [3.8, 4) is 17.2 Å². The maximum absolute atomic E-state index is 13.2. The highest BCUT2D eigenvalue weighted by Gasteiger charge is 2.19. The van der Waals surface area contributed by atoms with Crippen molar-refractivity contribution < 1.29 is 13.9 Å². The summed E-state index contributed by atoms with van der Waals surface area (Å²) >= 11 is 16.0. The number of carbonyl (C=O) groups is 1. The molecule has 0 saturated carbocycles. The van der Waals surface area contributed by atoms with Gasteiger partial charge < -0.3 is 14.5 Å². The fourth-order valence-corrected chi connectivity index (χ4v) is 4.73. The Kier molecular flexibility index (Phi) is 5.74. The van der Waals surface area contributed by atoms with E-state index in [1.54, 1.807) is 42.5 Å². The van der Waals surface area contributed by atoms with Gasteiger partial charge >= 0.3 is 0 Å². The number of carbonyl (C=O) groups excluding carboxylic acids is 1. The van der Waals surface area contributed by atoms with E-state index < -0.39 is 0 Å². The Labute approximate surface area is 207 Å². The standard InChI is InChI=1S/C25H15BrCl2N2O3/c1-32-23-18(10-13-4-2-3-5-16(13)22(23)26)24(31)29-15-7-8-19(28)17(12-15)25-30-20-11-14(27)6-9-21(20)33-25/h2-12H,1H3,(H,29,31). The van der Waals surface area contributed by atoms with E-state index in [2.05, 4.69) is 26.2 Å². The molecule has 1 N–H and O–H groups in total. The van der Waals surface area contributed by atoms with Gasteiger partial charge in [0, 0.05) is 10.7 Å². The molecule has 1 heterocycles. The van der Waals surface area contributed by atoms with Crippen molar-refractivity contribution in [2.75, 3.05) is 12.4 Å². The van der Waals surface area contributed by atoms with E-state index in [4.69, 9.17) is 32.4 Å². The lowest BCUT2D eigenvalue weighted by Crippen LogP contribution is -2.13. The molecule has 5 nitrogen and oxygen atoms in total. The lowest BCUT2D eigenvalue weighted by molar-refractivity contribution is 0.102. The minimum Gasteiger partial charge on any atom is -0.495 e. The van der Waals surface area contributed by atoms with E-state index in [-0.39, 0.29) is 5.91 Å². The molecule has 0 aliphatic rings. The molecule has 0 spiro atoms. The second-order valence-corrected chi connectivity index (χ2v) is 8.91. The minimum absolute atomic E-state index is 0.323. The van der Waals surface area contributed by atoms with Crippen molar-refractivity contribution >= 4 is 72.6 Å². The number of rotatable bonds is 4. The van der Waals surface area contributed by atoms with Crippen LogP contribution in [0.1, 0.15) is 10.4 Å². The van der Waals surface area contributed by atoms with Crippen LogP contribution in [0.5, 0.6) is 5.75 Å². The summed E-state index contributed by atoms with van der Waals surface area (Å²) in [5.74, 6) is 0.464. The third-order valence-electron chi connectivity index (χ3n) is 5.19. The average Bonchev–Trinajstić information content (AvgIpc) is 3.23. The zero-order chi connectivity index (χ0) is 23.1. The van der Waals surface area contributed by atoms with E-state index in [0.717, 1.165) is 15.2 Å². The predicted octanol–water partition coefficient (Wildman–Crippen LogP) is 7.98. The normalized spacial score (nSPS) is 11.2. The van der Waals surface area contributed by atoms with E-state index in [0.29, 0.717) is 49.6 Å². The van der Waals surface area contributed by atoms with Gasteiger partial charge in [0.15, 0.2) is 5.58 Å². The van der Waals surface area contributed by atoms with Gasteiger partial charge in [0.2, 0.25) is 5.89 Å². The Balaban J connectivity index is 1.52.